The lowest BCUT2D eigenvalue weighted by molar-refractivity contribution is -0.116. The Morgan fingerprint density at radius 3 is 2.59 bits per heavy atom. The van der Waals surface area contributed by atoms with Gasteiger partial charge in [0.25, 0.3) is 0 Å². The zero-order valence-electron chi connectivity index (χ0n) is 15.9. The molecule has 0 saturated heterocycles. The van der Waals surface area contributed by atoms with Gasteiger partial charge in [-0.15, -0.1) is 11.8 Å². The maximum absolute atomic E-state index is 12.3. The van der Waals surface area contributed by atoms with E-state index in [-0.39, 0.29) is 23.5 Å². The summed E-state index contributed by atoms with van der Waals surface area (Å²) < 4.78 is 4.95. The average Bonchev–Trinajstić information content (AvgIpc) is 3.08. The fourth-order valence-electron chi connectivity index (χ4n) is 2.55. The Balaban J connectivity index is 1.56. The van der Waals surface area contributed by atoms with Gasteiger partial charge >= 0.3 is 0 Å². The minimum Gasteiger partial charge on any atom is -0.360 e. The molecular weight excluding hydrogens is 410 g/mol. The van der Waals surface area contributed by atoms with E-state index in [1.165, 1.54) is 11.8 Å². The van der Waals surface area contributed by atoms with Crippen molar-refractivity contribution < 1.29 is 14.1 Å². The molecule has 2 N–H and O–H groups in total. The zero-order chi connectivity index (χ0) is 20.8. The molecule has 29 heavy (non-hydrogen) atoms. The van der Waals surface area contributed by atoms with E-state index in [1.54, 1.807) is 32.0 Å². The summed E-state index contributed by atoms with van der Waals surface area (Å²) >= 11 is 7.25. The molecule has 0 aliphatic rings. The Morgan fingerprint density at radius 1 is 1.14 bits per heavy atom. The molecule has 1 heterocycles. The minimum absolute atomic E-state index is 0.123. The van der Waals surface area contributed by atoms with Crippen molar-refractivity contribution in [3.63, 3.8) is 0 Å². The van der Waals surface area contributed by atoms with Crippen molar-refractivity contribution in [2.45, 2.75) is 30.4 Å². The number of carbonyl (C=O) groups excluding carboxylic acids is 2. The number of hydrogen-bond donors (Lipinski definition) is 2. The van der Waals surface area contributed by atoms with Crippen molar-refractivity contribution >= 4 is 46.7 Å². The number of benzene rings is 2. The van der Waals surface area contributed by atoms with E-state index < -0.39 is 0 Å². The largest absolute Gasteiger partial charge is 0.360 e. The van der Waals surface area contributed by atoms with Crippen LogP contribution in [0.5, 0.6) is 0 Å². The van der Waals surface area contributed by atoms with Crippen LogP contribution in [-0.4, -0.2) is 22.2 Å². The van der Waals surface area contributed by atoms with E-state index in [0.29, 0.717) is 22.3 Å². The second-order valence-electron chi connectivity index (χ2n) is 6.45. The number of aryl methyl sites for hydroxylation is 1. The summed E-state index contributed by atoms with van der Waals surface area (Å²) in [7, 11) is 0. The van der Waals surface area contributed by atoms with Gasteiger partial charge in [-0.1, -0.05) is 35.0 Å². The fraction of sp³-hybridized carbons (Fsp3) is 0.190. The van der Waals surface area contributed by atoms with E-state index in [4.69, 9.17) is 16.1 Å². The lowest BCUT2D eigenvalue weighted by Crippen LogP contribution is -2.22. The van der Waals surface area contributed by atoms with Gasteiger partial charge in [0.1, 0.15) is 5.76 Å². The summed E-state index contributed by atoms with van der Waals surface area (Å²) in [6.45, 7) is 3.56. The highest BCUT2D eigenvalue weighted by Gasteiger charge is 2.16. The highest BCUT2D eigenvalue weighted by molar-refractivity contribution is 8.00. The fourth-order valence-corrected chi connectivity index (χ4v) is 3.60. The molecule has 3 aromatic rings. The molecule has 2 aromatic carbocycles. The third kappa shape index (κ3) is 6.37. The van der Waals surface area contributed by atoms with Crippen LogP contribution in [0, 0.1) is 6.92 Å². The van der Waals surface area contributed by atoms with E-state index in [1.807, 2.05) is 36.4 Å². The first kappa shape index (κ1) is 21.0. The van der Waals surface area contributed by atoms with Crippen molar-refractivity contribution in [3.8, 4) is 0 Å². The van der Waals surface area contributed by atoms with Gasteiger partial charge in [0.05, 0.1) is 11.7 Å². The van der Waals surface area contributed by atoms with Crippen molar-refractivity contribution in [1.82, 2.24) is 5.16 Å². The number of amides is 2. The molecule has 0 radical (unpaired) electrons. The van der Waals surface area contributed by atoms with Gasteiger partial charge in [-0.3, -0.25) is 9.59 Å². The number of nitrogens with zero attached hydrogens (tertiary/aromatic N) is 1. The monoisotopic (exact) mass is 429 g/mol. The standard InChI is InChI=1S/C21H20ClN3O3S/c1-13-10-19(25-28-13)24-21(27)14(2)29-18-5-3-4-17(12-18)23-20(26)11-15-6-8-16(22)9-7-15/h3-10,12,14H,11H2,1-2H3,(H,23,26)(H,24,25,27). The normalized spacial score (nSPS) is 11.7. The first-order chi connectivity index (χ1) is 13.9. The molecule has 1 aromatic heterocycles. The Labute approximate surface area is 178 Å². The molecule has 1 atom stereocenters. The van der Waals surface area contributed by atoms with E-state index in [0.717, 1.165) is 10.5 Å². The number of nitrogens with one attached hydrogen (secondary N) is 2. The predicted molar refractivity (Wildman–Crippen MR) is 115 cm³/mol. The summed E-state index contributed by atoms with van der Waals surface area (Å²) in [5, 5.41) is 9.64. The van der Waals surface area contributed by atoms with Crippen molar-refractivity contribution in [2.24, 2.45) is 0 Å². The van der Waals surface area contributed by atoms with Crippen LogP contribution in [0.25, 0.3) is 0 Å². The number of hydrogen-bond acceptors (Lipinski definition) is 5. The first-order valence-electron chi connectivity index (χ1n) is 8.94. The molecule has 0 fully saturated rings. The van der Waals surface area contributed by atoms with Crippen molar-refractivity contribution in [3.05, 3.63) is 70.9 Å². The van der Waals surface area contributed by atoms with Crippen LogP contribution in [0.2, 0.25) is 5.02 Å². The minimum atomic E-state index is -0.355. The smallest absolute Gasteiger partial charge is 0.238 e. The van der Waals surface area contributed by atoms with Crippen LogP contribution >= 0.6 is 23.4 Å². The molecule has 0 aliphatic carbocycles. The Kier molecular flexibility index (Phi) is 6.95. The summed E-state index contributed by atoms with van der Waals surface area (Å²) in [5.41, 5.74) is 1.56. The van der Waals surface area contributed by atoms with Crippen LogP contribution in [0.3, 0.4) is 0 Å². The van der Waals surface area contributed by atoms with Gasteiger partial charge in [0.15, 0.2) is 5.82 Å². The first-order valence-corrected chi connectivity index (χ1v) is 10.2. The lowest BCUT2D eigenvalue weighted by Gasteiger charge is -2.12. The maximum Gasteiger partial charge on any atom is 0.238 e. The van der Waals surface area contributed by atoms with Crippen LogP contribution in [0.4, 0.5) is 11.5 Å². The van der Waals surface area contributed by atoms with Gasteiger partial charge in [0, 0.05) is 21.7 Å². The van der Waals surface area contributed by atoms with Gasteiger partial charge in [-0.2, -0.15) is 0 Å². The van der Waals surface area contributed by atoms with Crippen LogP contribution in [-0.2, 0) is 16.0 Å². The lowest BCUT2D eigenvalue weighted by atomic mass is 10.1. The molecule has 0 spiro atoms. The molecule has 150 valence electrons. The van der Waals surface area contributed by atoms with Crippen LogP contribution < -0.4 is 10.6 Å². The topological polar surface area (TPSA) is 84.2 Å². The molecular formula is C21H20ClN3O3S. The van der Waals surface area contributed by atoms with Crippen LogP contribution in [0.15, 0.2) is 64.0 Å². The Bertz CT molecular complexity index is 1000. The maximum atomic E-state index is 12.3. The molecule has 3 rings (SSSR count). The molecule has 0 saturated carbocycles. The number of carbonyl (C=O) groups is 2. The third-order valence-electron chi connectivity index (χ3n) is 3.96. The molecule has 2 amide bonds. The van der Waals surface area contributed by atoms with E-state index >= 15 is 0 Å². The number of aromatic nitrogens is 1. The molecule has 1 unspecified atom stereocenters. The second kappa shape index (κ2) is 9.62. The summed E-state index contributed by atoms with van der Waals surface area (Å²) in [4.78, 5) is 25.5. The number of rotatable bonds is 7. The summed E-state index contributed by atoms with van der Waals surface area (Å²) in [6, 6.07) is 16.2. The second-order valence-corrected chi connectivity index (χ2v) is 8.30. The molecule has 0 bridgehead atoms. The van der Waals surface area contributed by atoms with E-state index in [9.17, 15) is 9.59 Å². The average molecular weight is 430 g/mol. The zero-order valence-corrected chi connectivity index (χ0v) is 17.5. The van der Waals surface area contributed by atoms with Gasteiger partial charge < -0.3 is 15.2 Å². The highest BCUT2D eigenvalue weighted by atomic mass is 35.5. The Morgan fingerprint density at radius 2 is 1.90 bits per heavy atom. The van der Waals surface area contributed by atoms with Gasteiger partial charge in [0.2, 0.25) is 11.8 Å². The predicted octanol–water partition coefficient (Wildman–Crippen LogP) is 4.94. The van der Waals surface area contributed by atoms with E-state index in [2.05, 4.69) is 15.8 Å². The Hall–Kier alpha value is -2.77. The SMILES string of the molecule is Cc1cc(NC(=O)C(C)Sc2cccc(NC(=O)Cc3ccc(Cl)cc3)c2)no1. The molecule has 0 aliphatic heterocycles. The highest BCUT2D eigenvalue weighted by Crippen LogP contribution is 2.26. The third-order valence-corrected chi connectivity index (χ3v) is 5.30. The molecule has 6 nitrogen and oxygen atoms in total. The summed E-state index contributed by atoms with van der Waals surface area (Å²) in [5.74, 6) is 0.716. The van der Waals surface area contributed by atoms with Crippen molar-refractivity contribution in [1.29, 1.82) is 0 Å². The quantitative estimate of drug-likeness (QED) is 0.520. The van der Waals surface area contributed by atoms with Gasteiger partial charge in [-0.05, 0) is 49.7 Å². The summed E-state index contributed by atoms with van der Waals surface area (Å²) in [6.07, 6.45) is 0.254. The number of thioether (sulfide) groups is 1. The van der Waals surface area contributed by atoms with Gasteiger partial charge in [-0.25, -0.2) is 0 Å². The molecule has 8 heteroatoms. The van der Waals surface area contributed by atoms with Crippen LogP contribution in [0.1, 0.15) is 18.2 Å². The number of halogens is 1. The van der Waals surface area contributed by atoms with Crippen molar-refractivity contribution in [2.75, 3.05) is 10.6 Å². The number of anilines is 2.